The van der Waals surface area contributed by atoms with Gasteiger partial charge in [-0.05, 0) is 99.7 Å². The molecule has 3 aliphatic carbocycles. The zero-order valence-corrected chi connectivity index (χ0v) is 19.8. The molecule has 29 heavy (non-hydrogen) atoms. The predicted octanol–water partition coefficient (Wildman–Crippen LogP) is 9.07. The van der Waals surface area contributed by atoms with Crippen molar-refractivity contribution in [3.05, 3.63) is 0 Å². The Bertz CT molecular complexity index is 479. The number of hydrogen-bond acceptors (Lipinski definition) is 1. The van der Waals surface area contributed by atoms with E-state index < -0.39 is 0 Å². The maximum atomic E-state index is 9.32. The molecule has 0 N–H and O–H groups in total. The van der Waals surface area contributed by atoms with Gasteiger partial charge in [-0.3, -0.25) is 0 Å². The van der Waals surface area contributed by atoms with Crippen LogP contribution < -0.4 is 0 Å². The molecule has 166 valence electrons. The number of rotatable bonds is 9. The van der Waals surface area contributed by atoms with E-state index in [0.29, 0.717) is 11.3 Å². The van der Waals surface area contributed by atoms with Crippen molar-refractivity contribution in [2.45, 2.75) is 136 Å². The monoisotopic (exact) mass is 399 g/mol. The molecule has 0 bridgehead atoms. The summed E-state index contributed by atoms with van der Waals surface area (Å²) in [5.74, 6) is 4.48. The standard InChI is InChI=1S/C28H49N/c1-3-5-6-7-8-23-9-11-25(12-10-23)26-13-15-27(16-14-26)28(19-4-2)20-17-24(22-29)18-21-28/h23-27H,3-21H2,1-2H3. The summed E-state index contributed by atoms with van der Waals surface area (Å²) in [6, 6.07) is 2.56. The van der Waals surface area contributed by atoms with Crippen LogP contribution in [-0.4, -0.2) is 0 Å². The van der Waals surface area contributed by atoms with Gasteiger partial charge in [0.15, 0.2) is 0 Å². The van der Waals surface area contributed by atoms with Gasteiger partial charge in [-0.25, -0.2) is 0 Å². The highest BCUT2D eigenvalue weighted by Gasteiger charge is 2.43. The third kappa shape index (κ3) is 6.24. The first kappa shape index (κ1) is 23.2. The Morgan fingerprint density at radius 3 is 1.90 bits per heavy atom. The first-order valence-electron chi connectivity index (χ1n) is 13.6. The van der Waals surface area contributed by atoms with Crippen LogP contribution >= 0.6 is 0 Å². The van der Waals surface area contributed by atoms with Crippen molar-refractivity contribution < 1.29 is 0 Å². The lowest BCUT2D eigenvalue weighted by molar-refractivity contribution is 0.0244. The summed E-state index contributed by atoms with van der Waals surface area (Å²) in [6.45, 7) is 4.70. The molecule has 3 rings (SSSR count). The van der Waals surface area contributed by atoms with Crippen molar-refractivity contribution in [3.63, 3.8) is 0 Å². The van der Waals surface area contributed by atoms with Crippen LogP contribution in [0.2, 0.25) is 0 Å². The van der Waals surface area contributed by atoms with E-state index in [0.717, 1.165) is 23.7 Å². The van der Waals surface area contributed by atoms with Crippen molar-refractivity contribution >= 4 is 0 Å². The summed E-state index contributed by atoms with van der Waals surface area (Å²) >= 11 is 0. The molecule has 3 fully saturated rings. The summed E-state index contributed by atoms with van der Waals surface area (Å²) in [6.07, 6.45) is 27.3. The number of nitriles is 1. The molecule has 0 aromatic heterocycles. The van der Waals surface area contributed by atoms with Crippen LogP contribution in [0.3, 0.4) is 0 Å². The summed E-state index contributed by atoms with van der Waals surface area (Å²) in [5, 5.41) is 9.32. The Labute approximate surface area is 182 Å². The van der Waals surface area contributed by atoms with Gasteiger partial charge in [0.2, 0.25) is 0 Å². The third-order valence-electron chi connectivity index (χ3n) is 9.57. The number of unbranched alkanes of at least 4 members (excludes halogenated alkanes) is 3. The second kappa shape index (κ2) is 11.8. The summed E-state index contributed by atoms with van der Waals surface area (Å²) < 4.78 is 0. The van der Waals surface area contributed by atoms with E-state index in [9.17, 15) is 5.26 Å². The average molecular weight is 400 g/mol. The van der Waals surface area contributed by atoms with Crippen LogP contribution in [0.5, 0.6) is 0 Å². The van der Waals surface area contributed by atoms with Gasteiger partial charge in [0.05, 0.1) is 6.07 Å². The van der Waals surface area contributed by atoms with Crippen molar-refractivity contribution in [3.8, 4) is 6.07 Å². The Hall–Kier alpha value is -0.510. The topological polar surface area (TPSA) is 23.8 Å². The fourth-order valence-electron chi connectivity index (χ4n) is 7.69. The van der Waals surface area contributed by atoms with Gasteiger partial charge in [-0.2, -0.15) is 5.26 Å². The maximum absolute atomic E-state index is 9.32. The lowest BCUT2D eigenvalue weighted by atomic mass is 9.56. The van der Waals surface area contributed by atoms with E-state index in [1.54, 1.807) is 0 Å². The van der Waals surface area contributed by atoms with Gasteiger partial charge in [-0.1, -0.05) is 65.2 Å². The minimum atomic E-state index is 0.355. The molecule has 0 amide bonds. The second-order valence-electron chi connectivity index (χ2n) is 11.3. The van der Waals surface area contributed by atoms with Crippen LogP contribution in [0.25, 0.3) is 0 Å². The van der Waals surface area contributed by atoms with Crippen molar-refractivity contribution in [2.75, 3.05) is 0 Å². The largest absolute Gasteiger partial charge is 0.198 e. The molecule has 0 aromatic rings. The van der Waals surface area contributed by atoms with Crippen LogP contribution in [0.1, 0.15) is 136 Å². The van der Waals surface area contributed by atoms with Gasteiger partial charge in [0.1, 0.15) is 0 Å². The van der Waals surface area contributed by atoms with E-state index in [4.69, 9.17) is 0 Å². The van der Waals surface area contributed by atoms with Crippen molar-refractivity contribution in [1.82, 2.24) is 0 Å². The average Bonchev–Trinajstić information content (AvgIpc) is 2.78. The van der Waals surface area contributed by atoms with E-state index in [2.05, 4.69) is 19.9 Å². The lowest BCUT2D eigenvalue weighted by Crippen LogP contribution is -2.38. The molecular weight excluding hydrogens is 350 g/mol. The molecule has 1 nitrogen and oxygen atoms in total. The SMILES string of the molecule is CCCCCCC1CCC(C2CCC(C3(CCC)CCC(C#N)CC3)CC2)CC1. The lowest BCUT2D eigenvalue weighted by Gasteiger charge is -2.48. The number of nitrogens with zero attached hydrogens (tertiary/aromatic N) is 1. The molecule has 0 radical (unpaired) electrons. The molecule has 0 saturated heterocycles. The van der Waals surface area contributed by atoms with E-state index >= 15 is 0 Å². The van der Waals surface area contributed by atoms with Crippen molar-refractivity contribution in [1.29, 1.82) is 5.26 Å². The summed E-state index contributed by atoms with van der Waals surface area (Å²) in [4.78, 5) is 0. The molecule has 0 spiro atoms. The second-order valence-corrected chi connectivity index (χ2v) is 11.3. The van der Waals surface area contributed by atoms with Gasteiger partial charge >= 0.3 is 0 Å². The van der Waals surface area contributed by atoms with E-state index in [1.807, 2.05) is 0 Å². The third-order valence-corrected chi connectivity index (χ3v) is 9.57. The van der Waals surface area contributed by atoms with Crippen LogP contribution in [0, 0.1) is 46.3 Å². The molecule has 0 atom stereocenters. The quantitative estimate of drug-likeness (QED) is 0.355. The molecule has 3 saturated carbocycles. The van der Waals surface area contributed by atoms with Crippen LogP contribution in [-0.2, 0) is 0 Å². The van der Waals surface area contributed by atoms with Gasteiger partial charge < -0.3 is 0 Å². The molecule has 0 heterocycles. The van der Waals surface area contributed by atoms with Gasteiger partial charge in [-0.15, -0.1) is 0 Å². The summed E-state index contributed by atoms with van der Waals surface area (Å²) in [7, 11) is 0. The Kier molecular flexibility index (Phi) is 9.40. The zero-order chi connectivity index (χ0) is 20.5. The van der Waals surface area contributed by atoms with E-state index in [-0.39, 0.29) is 0 Å². The minimum absolute atomic E-state index is 0.355. The van der Waals surface area contributed by atoms with Crippen molar-refractivity contribution in [2.24, 2.45) is 35.0 Å². The fraction of sp³-hybridized carbons (Fsp3) is 0.964. The maximum Gasteiger partial charge on any atom is 0.0655 e. The molecule has 0 aliphatic heterocycles. The molecule has 0 unspecified atom stereocenters. The highest BCUT2D eigenvalue weighted by Crippen LogP contribution is 2.54. The zero-order valence-electron chi connectivity index (χ0n) is 19.8. The Balaban J connectivity index is 1.41. The fourth-order valence-corrected chi connectivity index (χ4v) is 7.69. The Morgan fingerprint density at radius 2 is 1.34 bits per heavy atom. The first-order valence-corrected chi connectivity index (χ1v) is 13.6. The first-order chi connectivity index (χ1) is 14.2. The summed E-state index contributed by atoms with van der Waals surface area (Å²) in [5.41, 5.74) is 0.600. The Morgan fingerprint density at radius 1 is 0.724 bits per heavy atom. The smallest absolute Gasteiger partial charge is 0.0655 e. The van der Waals surface area contributed by atoms with Crippen LogP contribution in [0.4, 0.5) is 0 Å². The minimum Gasteiger partial charge on any atom is -0.198 e. The molecule has 3 aliphatic rings. The van der Waals surface area contributed by atoms with E-state index in [1.165, 1.54) is 122 Å². The number of hydrogen-bond donors (Lipinski definition) is 0. The molecular formula is C28H49N. The van der Waals surface area contributed by atoms with Crippen LogP contribution in [0.15, 0.2) is 0 Å². The van der Waals surface area contributed by atoms with Gasteiger partial charge in [0, 0.05) is 5.92 Å². The molecule has 1 heteroatoms. The predicted molar refractivity (Wildman–Crippen MR) is 125 cm³/mol. The normalized spacial score (nSPS) is 38.4. The molecule has 0 aromatic carbocycles. The highest BCUT2D eigenvalue weighted by atomic mass is 14.5. The highest BCUT2D eigenvalue weighted by molar-refractivity contribution is 4.97. The van der Waals surface area contributed by atoms with Gasteiger partial charge in [0.25, 0.3) is 0 Å².